The molecular weight excluding hydrogens is 282 g/mol. The van der Waals surface area contributed by atoms with Gasteiger partial charge >= 0.3 is 6.03 Å². The zero-order valence-corrected chi connectivity index (χ0v) is 13.3. The number of urea groups is 1. The van der Waals surface area contributed by atoms with Crippen molar-refractivity contribution in [2.45, 2.75) is 46.2 Å². The lowest BCUT2D eigenvalue weighted by atomic mass is 10.1. The van der Waals surface area contributed by atoms with Crippen molar-refractivity contribution in [1.82, 2.24) is 14.4 Å². The van der Waals surface area contributed by atoms with Crippen molar-refractivity contribution < 1.29 is 14.4 Å². The number of aromatic nitrogens is 1. The number of rotatable bonds is 4. The first-order valence-electron chi connectivity index (χ1n) is 7.77. The molecule has 22 heavy (non-hydrogen) atoms. The lowest BCUT2D eigenvalue weighted by Crippen LogP contribution is -2.37. The molecule has 0 aromatic carbocycles. The van der Waals surface area contributed by atoms with Crippen LogP contribution in [0.1, 0.15) is 41.5 Å². The number of hydrogen-bond acceptors (Lipinski definition) is 3. The predicted octanol–water partition coefficient (Wildman–Crippen LogP) is 1.73. The Kier molecular flexibility index (Phi) is 3.54. The monoisotopic (exact) mass is 303 g/mol. The second-order valence-corrected chi connectivity index (χ2v) is 6.01. The molecule has 1 aromatic heterocycles. The molecule has 0 N–H and O–H groups in total. The van der Waals surface area contributed by atoms with E-state index in [1.54, 1.807) is 4.90 Å². The Labute approximate surface area is 129 Å². The van der Waals surface area contributed by atoms with Gasteiger partial charge in [0.25, 0.3) is 5.91 Å². The molecule has 2 saturated heterocycles. The van der Waals surface area contributed by atoms with Gasteiger partial charge in [-0.2, -0.15) is 0 Å². The van der Waals surface area contributed by atoms with Gasteiger partial charge in [-0.15, -0.1) is 0 Å². The van der Waals surface area contributed by atoms with E-state index < -0.39 is 0 Å². The summed E-state index contributed by atoms with van der Waals surface area (Å²) in [6.45, 7) is 7.13. The molecule has 2 fully saturated rings. The molecule has 2 aliphatic rings. The fourth-order valence-electron chi connectivity index (χ4n) is 3.63. The lowest BCUT2D eigenvalue weighted by Gasteiger charge is -2.14. The highest BCUT2D eigenvalue weighted by molar-refractivity contribution is 6.09. The van der Waals surface area contributed by atoms with Gasteiger partial charge in [-0.1, -0.05) is 0 Å². The van der Waals surface area contributed by atoms with E-state index in [1.165, 1.54) is 0 Å². The molecule has 118 valence electrons. The van der Waals surface area contributed by atoms with Crippen LogP contribution in [-0.2, 0) is 11.3 Å². The molecule has 1 unspecified atom stereocenters. The first-order valence-corrected chi connectivity index (χ1v) is 7.77. The van der Waals surface area contributed by atoms with Crippen LogP contribution in [-0.4, -0.2) is 51.2 Å². The number of Topliss-reactive ketones (excluding diaryl/α,β-unsaturated/α-hetero) is 1. The van der Waals surface area contributed by atoms with Gasteiger partial charge in [-0.3, -0.25) is 14.5 Å². The van der Waals surface area contributed by atoms with E-state index in [2.05, 4.69) is 4.57 Å². The smallest absolute Gasteiger partial charge is 0.327 e. The van der Waals surface area contributed by atoms with E-state index in [1.807, 2.05) is 26.8 Å². The van der Waals surface area contributed by atoms with Gasteiger partial charge in [-0.05, 0) is 39.7 Å². The summed E-state index contributed by atoms with van der Waals surface area (Å²) in [7, 11) is 0. The van der Waals surface area contributed by atoms with Gasteiger partial charge in [0.1, 0.15) is 6.04 Å². The molecule has 0 aliphatic carbocycles. The van der Waals surface area contributed by atoms with Crippen LogP contribution in [0.4, 0.5) is 4.79 Å². The van der Waals surface area contributed by atoms with Crippen molar-refractivity contribution in [1.29, 1.82) is 0 Å². The maximum Gasteiger partial charge on any atom is 0.327 e. The molecule has 1 atom stereocenters. The van der Waals surface area contributed by atoms with Crippen molar-refractivity contribution in [3.63, 3.8) is 0 Å². The Morgan fingerprint density at radius 1 is 1.32 bits per heavy atom. The average Bonchev–Trinajstić information content (AvgIpc) is 3.12. The first kappa shape index (κ1) is 14.8. The number of hydrogen-bond donors (Lipinski definition) is 0. The normalized spacial score (nSPS) is 21.0. The van der Waals surface area contributed by atoms with Crippen LogP contribution in [0.5, 0.6) is 0 Å². The summed E-state index contributed by atoms with van der Waals surface area (Å²) in [5.74, 6) is -0.393. The minimum Gasteiger partial charge on any atom is -0.349 e. The van der Waals surface area contributed by atoms with E-state index in [0.29, 0.717) is 18.5 Å². The van der Waals surface area contributed by atoms with Gasteiger partial charge in [0.05, 0.1) is 6.54 Å². The summed E-state index contributed by atoms with van der Waals surface area (Å²) in [5, 5.41) is 0. The first-order chi connectivity index (χ1) is 10.5. The maximum absolute atomic E-state index is 12.5. The fraction of sp³-hybridized carbons (Fsp3) is 0.562. The van der Waals surface area contributed by atoms with Crippen LogP contribution in [0, 0.1) is 13.8 Å². The number of ketones is 1. The van der Waals surface area contributed by atoms with Crippen molar-refractivity contribution in [2.75, 3.05) is 13.1 Å². The van der Waals surface area contributed by atoms with Gasteiger partial charge in [0, 0.05) is 30.0 Å². The summed E-state index contributed by atoms with van der Waals surface area (Å²) >= 11 is 0. The minimum atomic E-state index is -0.344. The third-order valence-corrected chi connectivity index (χ3v) is 4.77. The predicted molar refractivity (Wildman–Crippen MR) is 80.7 cm³/mol. The molecule has 0 radical (unpaired) electrons. The standard InChI is InChI=1S/C16H21N3O3/c1-4-17-10(2)8-12(11(17)3)14(20)9-19-15(21)13-6-5-7-18(13)16(19)22/h8,13H,4-7,9H2,1-3H3. The molecule has 0 bridgehead atoms. The summed E-state index contributed by atoms with van der Waals surface area (Å²) in [6.07, 6.45) is 1.57. The Balaban J connectivity index is 1.80. The number of imide groups is 1. The van der Waals surface area contributed by atoms with Crippen molar-refractivity contribution in [3.05, 3.63) is 23.0 Å². The van der Waals surface area contributed by atoms with E-state index in [0.717, 1.165) is 29.3 Å². The molecule has 1 aromatic rings. The van der Waals surface area contributed by atoms with Crippen molar-refractivity contribution in [2.24, 2.45) is 0 Å². The third-order valence-electron chi connectivity index (χ3n) is 4.77. The van der Waals surface area contributed by atoms with Crippen LogP contribution in [0.15, 0.2) is 6.07 Å². The van der Waals surface area contributed by atoms with Gasteiger partial charge in [0.15, 0.2) is 5.78 Å². The number of aryl methyl sites for hydroxylation is 1. The van der Waals surface area contributed by atoms with Gasteiger partial charge < -0.3 is 9.47 Å². The summed E-state index contributed by atoms with van der Waals surface area (Å²) < 4.78 is 2.05. The summed E-state index contributed by atoms with van der Waals surface area (Å²) in [4.78, 5) is 39.8. The van der Waals surface area contributed by atoms with Crippen LogP contribution >= 0.6 is 0 Å². The zero-order chi connectivity index (χ0) is 16.0. The average molecular weight is 303 g/mol. The molecule has 0 saturated carbocycles. The molecule has 0 spiro atoms. The van der Waals surface area contributed by atoms with Crippen molar-refractivity contribution >= 4 is 17.7 Å². The van der Waals surface area contributed by atoms with Gasteiger partial charge in [0.2, 0.25) is 0 Å². The highest BCUT2D eigenvalue weighted by Gasteiger charge is 2.47. The largest absolute Gasteiger partial charge is 0.349 e. The summed E-state index contributed by atoms with van der Waals surface area (Å²) in [5.41, 5.74) is 2.51. The Morgan fingerprint density at radius 2 is 2.05 bits per heavy atom. The molecule has 3 amide bonds. The quantitative estimate of drug-likeness (QED) is 0.628. The molecule has 3 heterocycles. The van der Waals surface area contributed by atoms with Gasteiger partial charge in [-0.25, -0.2) is 4.79 Å². The van der Waals surface area contributed by atoms with Crippen LogP contribution in [0.3, 0.4) is 0 Å². The molecule has 3 rings (SSSR count). The van der Waals surface area contributed by atoms with Crippen LogP contribution < -0.4 is 0 Å². The number of carbonyl (C=O) groups excluding carboxylic acids is 3. The van der Waals surface area contributed by atoms with Crippen LogP contribution in [0.2, 0.25) is 0 Å². The van der Waals surface area contributed by atoms with Crippen molar-refractivity contribution in [3.8, 4) is 0 Å². The molecular formula is C16H21N3O3. The molecule has 6 heteroatoms. The number of carbonyl (C=O) groups is 3. The number of fused-ring (bicyclic) bond motifs is 1. The highest BCUT2D eigenvalue weighted by atomic mass is 16.2. The Hall–Kier alpha value is -2.11. The third kappa shape index (κ3) is 2.05. The lowest BCUT2D eigenvalue weighted by molar-refractivity contribution is -0.127. The molecule has 2 aliphatic heterocycles. The SMILES string of the molecule is CCn1c(C)cc(C(=O)CN2C(=O)C3CCCN3C2=O)c1C. The van der Waals surface area contributed by atoms with E-state index in [-0.39, 0.29) is 30.3 Å². The molecule has 6 nitrogen and oxygen atoms in total. The zero-order valence-electron chi connectivity index (χ0n) is 13.3. The minimum absolute atomic E-state index is 0.154. The number of amides is 3. The van der Waals surface area contributed by atoms with E-state index in [9.17, 15) is 14.4 Å². The Morgan fingerprint density at radius 3 is 2.64 bits per heavy atom. The van der Waals surface area contributed by atoms with E-state index in [4.69, 9.17) is 0 Å². The second-order valence-electron chi connectivity index (χ2n) is 6.01. The second kappa shape index (κ2) is 5.26. The highest BCUT2D eigenvalue weighted by Crippen LogP contribution is 2.27. The van der Waals surface area contributed by atoms with Crippen LogP contribution in [0.25, 0.3) is 0 Å². The fourth-order valence-corrected chi connectivity index (χ4v) is 3.63. The Bertz CT molecular complexity index is 640. The topological polar surface area (TPSA) is 62.6 Å². The van der Waals surface area contributed by atoms with E-state index >= 15 is 0 Å². The summed E-state index contributed by atoms with van der Waals surface area (Å²) in [6, 6.07) is 1.18. The maximum atomic E-state index is 12.5. The number of nitrogens with zero attached hydrogens (tertiary/aromatic N) is 3.